The first-order valence-corrected chi connectivity index (χ1v) is 9.44. The molecule has 0 saturated heterocycles. The molecule has 0 spiro atoms. The fraction of sp³-hybridized carbons (Fsp3) is 0.529. The van der Waals surface area contributed by atoms with E-state index in [0.717, 1.165) is 3.57 Å². The van der Waals surface area contributed by atoms with Gasteiger partial charge in [0.15, 0.2) is 0 Å². The third-order valence-corrected chi connectivity index (χ3v) is 5.27. The third-order valence-electron chi connectivity index (χ3n) is 2.20. The zero-order valence-electron chi connectivity index (χ0n) is 14.0. The van der Waals surface area contributed by atoms with Crippen LogP contribution in [-0.2, 0) is 19.1 Å². The van der Waals surface area contributed by atoms with Gasteiger partial charge in [0.2, 0.25) is 0 Å². The minimum atomic E-state index is -0.878. The van der Waals surface area contributed by atoms with Gasteiger partial charge >= 0.3 is 143 Å². The minimum absolute atomic E-state index is 0.501. The molecule has 0 aliphatic carbocycles. The zero-order valence-corrected chi connectivity index (χ0v) is 16.1. The van der Waals surface area contributed by atoms with Crippen molar-refractivity contribution in [2.45, 2.75) is 56.7 Å². The fourth-order valence-electron chi connectivity index (χ4n) is 1.51. The van der Waals surface area contributed by atoms with Crippen LogP contribution < -0.4 is 21.2 Å². The summed E-state index contributed by atoms with van der Waals surface area (Å²) in [5.41, 5.74) is -1.25. The Morgan fingerprint density at radius 1 is 0.864 bits per heavy atom. The Balaban J connectivity index is 2.94. The summed E-state index contributed by atoms with van der Waals surface area (Å²) < 4.78 is 10.9. The second-order valence-corrected chi connectivity index (χ2v) is 9.95. The summed E-state index contributed by atoms with van der Waals surface area (Å²) in [6.07, 6.45) is 0. The molecule has 1 aromatic carbocycles. The molecule has 0 atom stereocenters. The van der Waals surface area contributed by atoms with E-state index in [9.17, 15) is 9.59 Å². The second kappa shape index (κ2) is 7.44. The van der Waals surface area contributed by atoms with Crippen molar-refractivity contribution in [2.24, 2.45) is 0 Å². The molecule has 0 amide bonds. The molecule has 0 fully saturated rings. The van der Waals surface area contributed by atoms with Crippen LogP contribution in [0.25, 0.3) is 0 Å². The number of ether oxygens (including phenoxy) is 2. The van der Waals surface area contributed by atoms with Gasteiger partial charge in [-0.1, -0.05) is 0 Å². The quantitative estimate of drug-likeness (QED) is 0.299. The summed E-state index contributed by atoms with van der Waals surface area (Å²) in [5, 5.41) is 0. The molecule has 1 rings (SSSR count). The molecule has 0 aromatic heterocycles. The molecule has 0 unspecified atom stereocenters. The number of hydrogen-bond acceptors (Lipinski definition) is 4. The van der Waals surface area contributed by atoms with E-state index in [-0.39, 0.29) is 0 Å². The van der Waals surface area contributed by atoms with Crippen LogP contribution in [0.5, 0.6) is 0 Å². The van der Waals surface area contributed by atoms with Crippen LogP contribution in [0.3, 0.4) is 0 Å². The number of alkyl halides is 1. The van der Waals surface area contributed by atoms with Crippen LogP contribution in [0.4, 0.5) is 0 Å². The van der Waals surface area contributed by atoms with E-state index in [1.54, 1.807) is 41.5 Å². The molecule has 0 radical (unpaired) electrons. The monoisotopic (exact) mass is 419 g/mol. The van der Waals surface area contributed by atoms with E-state index in [2.05, 4.69) is 0 Å². The van der Waals surface area contributed by atoms with Crippen LogP contribution in [0.2, 0.25) is 0 Å². The molecular weight excluding hydrogens is 395 g/mol. The summed E-state index contributed by atoms with van der Waals surface area (Å²) >= 11 is -0.878. The van der Waals surface area contributed by atoms with Gasteiger partial charge < -0.3 is 0 Å². The topological polar surface area (TPSA) is 52.6 Å². The van der Waals surface area contributed by atoms with E-state index < -0.39 is 48.3 Å². The maximum absolute atomic E-state index is 12.4. The number of hydrogen-bond donors (Lipinski definition) is 0. The van der Waals surface area contributed by atoms with Crippen LogP contribution >= 0.6 is 0 Å². The van der Waals surface area contributed by atoms with E-state index >= 15 is 0 Å². The number of carbonyl (C=O) groups excluding carboxylic acids is 2. The SMILES string of the molecule is CC(C)(C)OC(=O)C([I-]c1ccccc1)C(=O)OC(C)(C)C. The Morgan fingerprint density at radius 3 is 1.64 bits per heavy atom. The van der Waals surface area contributed by atoms with Gasteiger partial charge in [0.25, 0.3) is 0 Å². The molecule has 5 heteroatoms. The molecule has 1 aromatic rings. The Kier molecular flexibility index (Phi) is 6.40. The van der Waals surface area contributed by atoms with Crippen LogP contribution in [0.1, 0.15) is 41.5 Å². The van der Waals surface area contributed by atoms with Crippen molar-refractivity contribution in [1.29, 1.82) is 0 Å². The Hall–Kier alpha value is -1.11. The predicted octanol–water partition coefficient (Wildman–Crippen LogP) is -0.00280. The standard InChI is InChI=1S/C17H24IO4/c1-16(2,3)21-14(19)13(15(20)22-17(4,5)6)18-12-10-8-7-9-11-12/h7-11,13H,1-6H3/q-1. The van der Waals surface area contributed by atoms with Crippen molar-refractivity contribution in [2.75, 3.05) is 0 Å². The molecule has 124 valence electrons. The molecule has 0 bridgehead atoms. The van der Waals surface area contributed by atoms with Crippen molar-refractivity contribution < 1.29 is 40.3 Å². The van der Waals surface area contributed by atoms with Gasteiger partial charge in [0.1, 0.15) is 0 Å². The van der Waals surface area contributed by atoms with Crippen molar-refractivity contribution in [1.82, 2.24) is 0 Å². The third kappa shape index (κ3) is 7.24. The number of rotatable bonds is 4. The van der Waals surface area contributed by atoms with Crippen LogP contribution in [0, 0.1) is 3.57 Å². The van der Waals surface area contributed by atoms with Gasteiger partial charge in [0, 0.05) is 0 Å². The molecule has 0 heterocycles. The summed E-state index contributed by atoms with van der Waals surface area (Å²) in [6.45, 7) is 10.7. The molecule has 0 aliphatic rings. The van der Waals surface area contributed by atoms with E-state index in [0.29, 0.717) is 0 Å². The van der Waals surface area contributed by atoms with Gasteiger partial charge in [-0.15, -0.1) is 0 Å². The number of esters is 2. The fourth-order valence-corrected chi connectivity index (χ4v) is 3.82. The average Bonchev–Trinajstić information content (AvgIpc) is 2.32. The van der Waals surface area contributed by atoms with Gasteiger partial charge in [-0.25, -0.2) is 0 Å². The summed E-state index contributed by atoms with van der Waals surface area (Å²) in [5.74, 6) is -1.00. The Labute approximate surface area is 142 Å². The molecule has 4 nitrogen and oxygen atoms in total. The van der Waals surface area contributed by atoms with Crippen LogP contribution in [-0.4, -0.2) is 27.1 Å². The van der Waals surface area contributed by atoms with Gasteiger partial charge in [-0.3, -0.25) is 0 Å². The Morgan fingerprint density at radius 2 is 1.27 bits per heavy atom. The van der Waals surface area contributed by atoms with Crippen molar-refractivity contribution in [3.8, 4) is 0 Å². The van der Waals surface area contributed by atoms with Crippen LogP contribution in [0.15, 0.2) is 30.3 Å². The summed E-state index contributed by atoms with van der Waals surface area (Å²) in [7, 11) is 0. The average molecular weight is 419 g/mol. The van der Waals surface area contributed by atoms with E-state index in [1.807, 2.05) is 30.3 Å². The summed E-state index contributed by atoms with van der Waals surface area (Å²) in [6, 6.07) is 9.56. The first-order chi connectivity index (χ1) is 9.98. The Bertz CT molecular complexity index is 484. The molecular formula is C17H24IO4-. The van der Waals surface area contributed by atoms with E-state index in [4.69, 9.17) is 9.47 Å². The van der Waals surface area contributed by atoms with Gasteiger partial charge in [-0.05, 0) is 0 Å². The molecule has 0 saturated carbocycles. The molecule has 0 aliphatic heterocycles. The number of halogens is 1. The van der Waals surface area contributed by atoms with E-state index in [1.165, 1.54) is 0 Å². The number of carbonyl (C=O) groups is 2. The first kappa shape index (κ1) is 18.9. The van der Waals surface area contributed by atoms with Crippen molar-refractivity contribution in [3.05, 3.63) is 33.9 Å². The number of benzene rings is 1. The van der Waals surface area contributed by atoms with Gasteiger partial charge in [0.05, 0.1) is 0 Å². The van der Waals surface area contributed by atoms with Crippen molar-refractivity contribution in [3.63, 3.8) is 0 Å². The molecule has 0 N–H and O–H groups in total. The predicted molar refractivity (Wildman–Crippen MR) is 80.6 cm³/mol. The zero-order chi connectivity index (χ0) is 17.0. The maximum atomic E-state index is 12.4. The van der Waals surface area contributed by atoms with Crippen molar-refractivity contribution >= 4 is 11.9 Å². The summed E-state index contributed by atoms with van der Waals surface area (Å²) in [4.78, 5) is 24.8. The molecule has 22 heavy (non-hydrogen) atoms. The van der Waals surface area contributed by atoms with Gasteiger partial charge in [-0.2, -0.15) is 0 Å². The second-order valence-electron chi connectivity index (χ2n) is 6.83. The normalized spacial score (nSPS) is 12.3. The first-order valence-electron chi connectivity index (χ1n) is 7.12.